The number of hydrogen-bond donors (Lipinski definition) is 0. The van der Waals surface area contributed by atoms with E-state index >= 15 is 0 Å². The van der Waals surface area contributed by atoms with Crippen LogP contribution >= 0.6 is 11.6 Å². The molecule has 1 aromatic rings. The lowest BCUT2D eigenvalue weighted by molar-refractivity contribution is -0.148. The van der Waals surface area contributed by atoms with E-state index in [9.17, 15) is 9.59 Å². The first-order valence-corrected chi connectivity index (χ1v) is 8.42. The second kappa shape index (κ2) is 6.85. The van der Waals surface area contributed by atoms with E-state index in [-0.39, 0.29) is 24.4 Å². The monoisotopic (exact) mass is 350 g/mol. The molecule has 0 bridgehead atoms. The van der Waals surface area contributed by atoms with Crippen molar-refractivity contribution in [1.29, 1.82) is 0 Å². The summed E-state index contributed by atoms with van der Waals surface area (Å²) in [5.41, 5.74) is 1.29. The fourth-order valence-corrected chi connectivity index (χ4v) is 3.61. The molecule has 128 valence electrons. The third-order valence-electron chi connectivity index (χ3n) is 4.39. The zero-order chi connectivity index (χ0) is 17.3. The van der Waals surface area contributed by atoms with Crippen molar-refractivity contribution in [2.45, 2.75) is 19.8 Å². The molecule has 1 heterocycles. The minimum atomic E-state index is -0.526. The van der Waals surface area contributed by atoms with Gasteiger partial charge in [-0.3, -0.25) is 4.79 Å². The zero-order valence-electron chi connectivity index (χ0n) is 13.6. The van der Waals surface area contributed by atoms with E-state index in [1.54, 1.807) is 38.1 Å². The molecule has 0 radical (unpaired) electrons. The van der Waals surface area contributed by atoms with E-state index in [1.165, 1.54) is 0 Å². The van der Waals surface area contributed by atoms with Crippen molar-refractivity contribution in [3.05, 3.63) is 40.4 Å². The van der Waals surface area contributed by atoms with Crippen LogP contribution < -0.4 is 4.74 Å². The Morgan fingerprint density at radius 1 is 1.25 bits per heavy atom. The molecule has 1 aliphatic heterocycles. The summed E-state index contributed by atoms with van der Waals surface area (Å²) in [4.78, 5) is 24.7. The van der Waals surface area contributed by atoms with Crippen molar-refractivity contribution < 1.29 is 23.8 Å². The number of ether oxygens (including phenoxy) is 3. The molecule has 5 nitrogen and oxygen atoms in total. The Balaban J connectivity index is 2.03. The second-order valence-corrected chi connectivity index (χ2v) is 6.19. The van der Waals surface area contributed by atoms with Gasteiger partial charge < -0.3 is 14.2 Å². The molecule has 2 aliphatic rings. The van der Waals surface area contributed by atoms with E-state index in [1.807, 2.05) is 0 Å². The van der Waals surface area contributed by atoms with Crippen LogP contribution in [-0.2, 0) is 19.1 Å². The van der Waals surface area contributed by atoms with Crippen LogP contribution in [0.15, 0.2) is 29.8 Å². The lowest BCUT2D eigenvalue weighted by Gasteiger charge is -2.32. The van der Waals surface area contributed by atoms with Crippen LogP contribution in [0.1, 0.15) is 25.3 Å². The Hall–Kier alpha value is -2.01. The zero-order valence-corrected chi connectivity index (χ0v) is 14.3. The quantitative estimate of drug-likeness (QED) is 0.781. The third-order valence-corrected chi connectivity index (χ3v) is 4.63. The molecular weight excluding hydrogens is 332 g/mol. The number of fused-ring (bicyclic) bond motifs is 3. The Labute approximate surface area is 145 Å². The van der Waals surface area contributed by atoms with Gasteiger partial charge in [0.05, 0.1) is 25.7 Å². The van der Waals surface area contributed by atoms with Gasteiger partial charge in [-0.05, 0) is 32.0 Å². The van der Waals surface area contributed by atoms with Gasteiger partial charge in [-0.25, -0.2) is 4.79 Å². The Bertz CT molecular complexity index is 697. The smallest absolute Gasteiger partial charge is 0.334 e. The average molecular weight is 351 g/mol. The molecule has 0 amide bonds. The summed E-state index contributed by atoms with van der Waals surface area (Å²) in [7, 11) is 0. The minimum absolute atomic E-state index is 0.200. The van der Waals surface area contributed by atoms with E-state index in [4.69, 9.17) is 25.8 Å². The Morgan fingerprint density at radius 2 is 2.00 bits per heavy atom. The molecular formula is C18H19ClO5. The maximum absolute atomic E-state index is 12.4. The lowest BCUT2D eigenvalue weighted by Crippen LogP contribution is -2.33. The minimum Gasteiger partial charge on any atom is -0.493 e. The highest BCUT2D eigenvalue weighted by Gasteiger charge is 2.48. The van der Waals surface area contributed by atoms with E-state index in [0.29, 0.717) is 29.6 Å². The average Bonchev–Trinajstić information content (AvgIpc) is 2.95. The lowest BCUT2D eigenvalue weighted by atomic mass is 9.79. The number of carbonyl (C=O) groups excluding carboxylic acids is 2. The van der Waals surface area contributed by atoms with Crippen molar-refractivity contribution in [2.24, 2.45) is 11.8 Å². The summed E-state index contributed by atoms with van der Waals surface area (Å²) >= 11 is 6.12. The fourth-order valence-electron chi connectivity index (χ4n) is 3.43. The molecule has 0 fully saturated rings. The standard InChI is InChI=1S/C18H19ClO5/c1-3-22-17(20)11-8-13(18(21)23-4-2)16-12-7-10(19)5-6-15(12)24-9-14(11)16/h5-8,11,14,16H,3-4,9H2,1-2H3/t11-,14+,16-/m1/s1. The second-order valence-electron chi connectivity index (χ2n) is 5.75. The molecule has 0 saturated carbocycles. The first-order chi connectivity index (χ1) is 11.6. The number of halogens is 1. The number of hydrogen-bond acceptors (Lipinski definition) is 5. The maximum atomic E-state index is 12.4. The summed E-state index contributed by atoms with van der Waals surface area (Å²) in [5.74, 6) is -1.08. The molecule has 0 aromatic heterocycles. The number of benzene rings is 1. The van der Waals surface area contributed by atoms with Gasteiger partial charge in [0.25, 0.3) is 0 Å². The SMILES string of the molecule is CCOC(=O)C1=C[C@@H](C(=O)OCC)[C@@H]2COc3ccc(Cl)cc3[C@H]12. The van der Waals surface area contributed by atoms with Gasteiger partial charge in [0.1, 0.15) is 5.75 Å². The predicted molar refractivity (Wildman–Crippen MR) is 88.0 cm³/mol. The van der Waals surface area contributed by atoms with Gasteiger partial charge in [0.15, 0.2) is 0 Å². The van der Waals surface area contributed by atoms with Crippen LogP contribution in [0.3, 0.4) is 0 Å². The van der Waals surface area contributed by atoms with Gasteiger partial charge in [0.2, 0.25) is 0 Å². The van der Waals surface area contributed by atoms with Gasteiger partial charge in [-0.15, -0.1) is 0 Å². The summed E-state index contributed by atoms with van der Waals surface area (Å²) in [6.07, 6.45) is 1.67. The Kier molecular flexibility index (Phi) is 4.81. The van der Waals surface area contributed by atoms with Gasteiger partial charge >= 0.3 is 11.9 Å². The molecule has 0 N–H and O–H groups in total. The molecule has 6 heteroatoms. The highest BCUT2D eigenvalue weighted by molar-refractivity contribution is 6.30. The third kappa shape index (κ3) is 2.88. The highest BCUT2D eigenvalue weighted by atomic mass is 35.5. The predicted octanol–water partition coefficient (Wildman–Crippen LogP) is 3.11. The van der Waals surface area contributed by atoms with Crippen LogP contribution in [0.4, 0.5) is 0 Å². The van der Waals surface area contributed by atoms with E-state index in [2.05, 4.69) is 0 Å². The first kappa shape index (κ1) is 16.8. The van der Waals surface area contributed by atoms with Crippen molar-refractivity contribution in [1.82, 2.24) is 0 Å². The van der Waals surface area contributed by atoms with Crippen molar-refractivity contribution in [2.75, 3.05) is 19.8 Å². The number of carbonyl (C=O) groups is 2. The summed E-state index contributed by atoms with van der Waals surface area (Å²) in [5, 5.41) is 0.556. The maximum Gasteiger partial charge on any atom is 0.334 e. The van der Waals surface area contributed by atoms with Crippen LogP contribution in [0.2, 0.25) is 5.02 Å². The molecule has 3 rings (SSSR count). The van der Waals surface area contributed by atoms with E-state index in [0.717, 1.165) is 5.56 Å². The molecule has 3 atom stereocenters. The Morgan fingerprint density at radius 3 is 2.71 bits per heavy atom. The summed E-state index contributed by atoms with van der Waals surface area (Å²) in [6.45, 7) is 4.41. The summed E-state index contributed by atoms with van der Waals surface area (Å²) < 4.78 is 16.1. The van der Waals surface area contributed by atoms with Crippen LogP contribution in [-0.4, -0.2) is 31.8 Å². The fraction of sp³-hybridized carbons (Fsp3) is 0.444. The van der Waals surface area contributed by atoms with Gasteiger partial charge in [-0.1, -0.05) is 17.7 Å². The number of rotatable bonds is 4. The van der Waals surface area contributed by atoms with Crippen molar-refractivity contribution in [3.8, 4) is 5.75 Å². The topological polar surface area (TPSA) is 61.8 Å². The molecule has 0 unspecified atom stereocenters. The van der Waals surface area contributed by atoms with Crippen LogP contribution in [0.25, 0.3) is 0 Å². The van der Waals surface area contributed by atoms with E-state index < -0.39 is 11.9 Å². The molecule has 0 saturated heterocycles. The van der Waals surface area contributed by atoms with Gasteiger partial charge in [0, 0.05) is 28.0 Å². The normalized spacial score (nSPS) is 24.3. The van der Waals surface area contributed by atoms with Crippen molar-refractivity contribution >= 4 is 23.5 Å². The number of esters is 2. The molecule has 0 spiro atoms. The first-order valence-electron chi connectivity index (χ1n) is 8.04. The highest BCUT2D eigenvalue weighted by Crippen LogP contribution is 2.50. The van der Waals surface area contributed by atoms with Gasteiger partial charge in [-0.2, -0.15) is 0 Å². The van der Waals surface area contributed by atoms with Crippen LogP contribution in [0, 0.1) is 11.8 Å². The van der Waals surface area contributed by atoms with Crippen LogP contribution in [0.5, 0.6) is 5.75 Å². The molecule has 1 aliphatic carbocycles. The molecule has 1 aromatic carbocycles. The van der Waals surface area contributed by atoms with Crippen molar-refractivity contribution in [3.63, 3.8) is 0 Å². The molecule has 24 heavy (non-hydrogen) atoms. The largest absolute Gasteiger partial charge is 0.493 e. The summed E-state index contributed by atoms with van der Waals surface area (Å²) in [6, 6.07) is 5.31.